The number of likely N-dealkylation sites (tertiary alicyclic amines) is 1. The Balaban J connectivity index is 1.39. The van der Waals surface area contributed by atoms with Crippen molar-refractivity contribution in [1.29, 1.82) is 0 Å². The largest absolute Gasteiger partial charge is 0.340 e. The van der Waals surface area contributed by atoms with Gasteiger partial charge in [0.15, 0.2) is 0 Å². The molecule has 3 atom stereocenters. The second-order valence-corrected chi connectivity index (χ2v) is 7.89. The topological polar surface area (TPSA) is 38.8 Å². The van der Waals surface area contributed by atoms with E-state index in [0.717, 1.165) is 57.9 Å². The number of carbonyl (C=O) groups excluding carboxylic acids is 1. The van der Waals surface area contributed by atoms with Crippen molar-refractivity contribution in [2.75, 3.05) is 52.4 Å². The third-order valence-electron chi connectivity index (χ3n) is 6.40. The molecule has 3 heterocycles. The first-order chi connectivity index (χ1) is 11.1. The first-order valence-electron chi connectivity index (χ1n) is 9.54. The van der Waals surface area contributed by atoms with Gasteiger partial charge in [-0.2, -0.15) is 0 Å². The molecule has 0 aromatic carbocycles. The van der Waals surface area contributed by atoms with Crippen LogP contribution in [0.25, 0.3) is 0 Å². The molecule has 3 aliphatic rings. The number of amides is 1. The molecule has 5 nitrogen and oxygen atoms in total. The van der Waals surface area contributed by atoms with E-state index >= 15 is 0 Å². The monoisotopic (exact) mass is 322 g/mol. The minimum absolute atomic E-state index is 0.189. The van der Waals surface area contributed by atoms with Crippen LogP contribution in [-0.2, 0) is 4.79 Å². The molecule has 0 spiro atoms. The van der Waals surface area contributed by atoms with E-state index in [2.05, 4.69) is 40.8 Å². The second-order valence-electron chi connectivity index (χ2n) is 7.89. The SMILES string of the molecule is CC(C(=O)N1CCN(CCN2C(C)CCC2C)CC1)C1CNC1. The lowest BCUT2D eigenvalue weighted by Gasteiger charge is -2.39. The lowest BCUT2D eigenvalue weighted by atomic mass is 9.88. The Kier molecular flexibility index (Phi) is 5.60. The van der Waals surface area contributed by atoms with Crippen LogP contribution in [0.5, 0.6) is 0 Å². The Hall–Kier alpha value is -0.650. The van der Waals surface area contributed by atoms with E-state index in [1.807, 2.05) is 0 Å². The quantitative estimate of drug-likeness (QED) is 0.815. The summed E-state index contributed by atoms with van der Waals surface area (Å²) in [6.07, 6.45) is 2.69. The van der Waals surface area contributed by atoms with Gasteiger partial charge in [0, 0.05) is 57.3 Å². The van der Waals surface area contributed by atoms with E-state index in [-0.39, 0.29) is 5.92 Å². The van der Waals surface area contributed by atoms with Gasteiger partial charge < -0.3 is 10.2 Å². The molecule has 1 amide bonds. The molecule has 0 aromatic rings. The summed E-state index contributed by atoms with van der Waals surface area (Å²) in [7, 11) is 0. The van der Waals surface area contributed by atoms with Crippen molar-refractivity contribution >= 4 is 5.91 Å². The van der Waals surface area contributed by atoms with Crippen molar-refractivity contribution in [2.45, 2.75) is 45.7 Å². The van der Waals surface area contributed by atoms with Crippen LogP contribution in [0.4, 0.5) is 0 Å². The van der Waals surface area contributed by atoms with Gasteiger partial charge in [0.1, 0.15) is 0 Å². The molecule has 3 rings (SSSR count). The minimum atomic E-state index is 0.189. The number of hydrogen-bond donors (Lipinski definition) is 1. The van der Waals surface area contributed by atoms with Gasteiger partial charge in [-0.1, -0.05) is 6.92 Å². The van der Waals surface area contributed by atoms with Crippen LogP contribution < -0.4 is 5.32 Å². The highest BCUT2D eigenvalue weighted by molar-refractivity contribution is 5.79. The molecule has 0 bridgehead atoms. The molecule has 0 aliphatic carbocycles. The van der Waals surface area contributed by atoms with E-state index in [0.29, 0.717) is 11.8 Å². The summed E-state index contributed by atoms with van der Waals surface area (Å²) in [5.74, 6) is 1.12. The molecule has 23 heavy (non-hydrogen) atoms. The summed E-state index contributed by atoms with van der Waals surface area (Å²) in [6, 6.07) is 1.48. The highest BCUT2D eigenvalue weighted by Crippen LogP contribution is 2.23. The average Bonchev–Trinajstić information content (AvgIpc) is 2.82. The van der Waals surface area contributed by atoms with Gasteiger partial charge in [-0.15, -0.1) is 0 Å². The van der Waals surface area contributed by atoms with Crippen molar-refractivity contribution < 1.29 is 4.79 Å². The summed E-state index contributed by atoms with van der Waals surface area (Å²) in [5, 5.41) is 3.27. The number of hydrogen-bond acceptors (Lipinski definition) is 4. The standard InChI is InChI=1S/C18H34N4O/c1-14-4-5-15(2)22(14)11-8-20-6-9-21(10-7-20)18(23)16(3)17-12-19-13-17/h14-17,19H,4-13H2,1-3H3. The second kappa shape index (κ2) is 7.49. The summed E-state index contributed by atoms with van der Waals surface area (Å²) in [6.45, 7) is 15.1. The molecule has 0 radical (unpaired) electrons. The predicted molar refractivity (Wildman–Crippen MR) is 93.4 cm³/mol. The van der Waals surface area contributed by atoms with Crippen LogP contribution in [0.2, 0.25) is 0 Å². The molecule has 3 aliphatic heterocycles. The number of nitrogens with zero attached hydrogens (tertiary/aromatic N) is 3. The lowest BCUT2D eigenvalue weighted by Crippen LogP contribution is -2.55. The zero-order valence-electron chi connectivity index (χ0n) is 15.1. The summed E-state index contributed by atoms with van der Waals surface area (Å²) >= 11 is 0. The number of piperazine rings is 1. The van der Waals surface area contributed by atoms with Gasteiger partial charge in [0.05, 0.1) is 0 Å². The molecule has 3 unspecified atom stereocenters. The molecule has 1 N–H and O–H groups in total. The van der Waals surface area contributed by atoms with Gasteiger partial charge in [-0.25, -0.2) is 0 Å². The zero-order chi connectivity index (χ0) is 16.4. The smallest absolute Gasteiger partial charge is 0.225 e. The average molecular weight is 322 g/mol. The Morgan fingerprint density at radius 2 is 1.65 bits per heavy atom. The van der Waals surface area contributed by atoms with E-state index in [1.165, 1.54) is 19.4 Å². The van der Waals surface area contributed by atoms with Crippen molar-refractivity contribution in [3.05, 3.63) is 0 Å². The number of carbonyl (C=O) groups is 1. The highest BCUT2D eigenvalue weighted by Gasteiger charge is 2.33. The van der Waals surface area contributed by atoms with Gasteiger partial charge in [0.25, 0.3) is 0 Å². The molecule has 0 aromatic heterocycles. The van der Waals surface area contributed by atoms with Crippen LogP contribution in [0.15, 0.2) is 0 Å². The highest BCUT2D eigenvalue weighted by atomic mass is 16.2. The van der Waals surface area contributed by atoms with Gasteiger partial charge in [-0.05, 0) is 45.7 Å². The Labute approximate surface area is 141 Å². The third kappa shape index (κ3) is 3.89. The maximum Gasteiger partial charge on any atom is 0.225 e. The maximum absolute atomic E-state index is 12.6. The minimum Gasteiger partial charge on any atom is -0.340 e. The third-order valence-corrected chi connectivity index (χ3v) is 6.40. The summed E-state index contributed by atoms with van der Waals surface area (Å²) < 4.78 is 0. The number of rotatable bonds is 5. The van der Waals surface area contributed by atoms with Crippen LogP contribution in [0.3, 0.4) is 0 Å². The molecule has 5 heteroatoms. The van der Waals surface area contributed by atoms with E-state index < -0.39 is 0 Å². The Bertz CT molecular complexity index is 394. The van der Waals surface area contributed by atoms with Crippen molar-refractivity contribution in [3.63, 3.8) is 0 Å². The molecule has 3 saturated heterocycles. The molecule has 0 saturated carbocycles. The fraction of sp³-hybridized carbons (Fsp3) is 0.944. The van der Waals surface area contributed by atoms with Crippen molar-refractivity contribution in [1.82, 2.24) is 20.0 Å². The van der Waals surface area contributed by atoms with Crippen molar-refractivity contribution in [3.8, 4) is 0 Å². The van der Waals surface area contributed by atoms with Crippen molar-refractivity contribution in [2.24, 2.45) is 11.8 Å². The van der Waals surface area contributed by atoms with Crippen LogP contribution in [-0.4, -0.2) is 85.0 Å². The van der Waals surface area contributed by atoms with Gasteiger partial charge in [-0.3, -0.25) is 14.6 Å². The summed E-state index contributed by atoms with van der Waals surface area (Å²) in [4.78, 5) is 19.9. The molecular formula is C18H34N4O. The van der Waals surface area contributed by atoms with Gasteiger partial charge >= 0.3 is 0 Å². The molecule has 3 fully saturated rings. The predicted octanol–water partition coefficient (Wildman–Crippen LogP) is 0.859. The summed E-state index contributed by atoms with van der Waals surface area (Å²) in [5.41, 5.74) is 0. The van der Waals surface area contributed by atoms with Crippen LogP contribution in [0.1, 0.15) is 33.6 Å². The van der Waals surface area contributed by atoms with Crippen LogP contribution >= 0.6 is 0 Å². The Morgan fingerprint density at radius 1 is 1.04 bits per heavy atom. The number of nitrogens with one attached hydrogen (secondary N) is 1. The fourth-order valence-corrected chi connectivity index (χ4v) is 4.29. The normalized spacial score (nSPS) is 32.0. The van der Waals surface area contributed by atoms with E-state index in [1.54, 1.807) is 0 Å². The molecule has 132 valence electrons. The lowest BCUT2D eigenvalue weighted by molar-refractivity contribution is -0.139. The zero-order valence-corrected chi connectivity index (χ0v) is 15.1. The van der Waals surface area contributed by atoms with Gasteiger partial charge in [0.2, 0.25) is 5.91 Å². The van der Waals surface area contributed by atoms with E-state index in [9.17, 15) is 4.79 Å². The fourth-order valence-electron chi connectivity index (χ4n) is 4.29. The van der Waals surface area contributed by atoms with Crippen LogP contribution in [0, 0.1) is 11.8 Å². The maximum atomic E-state index is 12.6. The Morgan fingerprint density at radius 3 is 2.17 bits per heavy atom. The van der Waals surface area contributed by atoms with E-state index in [4.69, 9.17) is 0 Å². The molecular weight excluding hydrogens is 288 g/mol. The first kappa shape index (κ1) is 17.2. The first-order valence-corrected chi connectivity index (χ1v) is 9.54.